The Morgan fingerprint density at radius 1 is 1.18 bits per heavy atom. The molecule has 6 nitrogen and oxygen atoms in total. The number of hydrogen-bond donors (Lipinski definition) is 1. The Morgan fingerprint density at radius 3 is 2.47 bits per heavy atom. The van der Waals surface area contributed by atoms with Crippen LogP contribution >= 0.6 is 11.6 Å². The fourth-order valence-electron chi connectivity index (χ4n) is 4.68. The molecule has 3 rings (SSSR count). The highest BCUT2D eigenvalue weighted by Gasteiger charge is 2.43. The largest absolute Gasteiger partial charge is 0.488 e. The number of halogens is 2. The minimum Gasteiger partial charge on any atom is -0.488 e. The molecule has 1 N–H and O–H groups in total. The van der Waals surface area contributed by atoms with E-state index in [1.807, 2.05) is 27.7 Å². The van der Waals surface area contributed by atoms with E-state index in [9.17, 15) is 14.3 Å². The highest BCUT2D eigenvalue weighted by Crippen LogP contribution is 2.35. The molecule has 0 spiro atoms. The molecule has 3 aromatic rings. The highest BCUT2D eigenvalue weighted by atomic mass is 35.5. The summed E-state index contributed by atoms with van der Waals surface area (Å²) in [5.74, 6) is 0.254. The number of carbonyl (C=O) groups is 1. The Balaban J connectivity index is 1.91. The number of fused-ring (bicyclic) bond motifs is 1. The van der Waals surface area contributed by atoms with E-state index in [1.165, 1.54) is 17.0 Å². The lowest BCUT2D eigenvalue weighted by Crippen LogP contribution is -2.61. The molecule has 1 atom stereocenters. The maximum absolute atomic E-state index is 13.6. The van der Waals surface area contributed by atoms with E-state index in [1.54, 1.807) is 30.5 Å². The monoisotopic (exact) mass is 487 g/mol. The van der Waals surface area contributed by atoms with Gasteiger partial charge < -0.3 is 9.84 Å². The number of pyridine rings is 2. The van der Waals surface area contributed by atoms with Crippen LogP contribution in [0.2, 0.25) is 5.15 Å². The number of benzene rings is 1. The fraction of sp³-hybridized carbons (Fsp3) is 0.423. The first-order chi connectivity index (χ1) is 15.8. The second-order valence-corrected chi connectivity index (χ2v) is 10.5. The summed E-state index contributed by atoms with van der Waals surface area (Å²) in [6, 6.07) is 9.71. The zero-order chi connectivity index (χ0) is 25.3. The lowest BCUT2D eigenvalue weighted by Gasteiger charge is -2.47. The van der Waals surface area contributed by atoms with Crippen molar-refractivity contribution in [1.82, 2.24) is 14.9 Å². The summed E-state index contributed by atoms with van der Waals surface area (Å²) in [5.41, 5.74) is 0.491. The first-order valence-electron chi connectivity index (χ1n) is 11.2. The van der Waals surface area contributed by atoms with Crippen molar-refractivity contribution in [1.29, 1.82) is 0 Å². The van der Waals surface area contributed by atoms with Crippen LogP contribution in [-0.2, 0) is 0 Å². The number of aromatic nitrogens is 2. The predicted octanol–water partition coefficient (Wildman–Crippen LogP) is 7.05. The van der Waals surface area contributed by atoms with Gasteiger partial charge in [-0.2, -0.15) is 0 Å². The summed E-state index contributed by atoms with van der Waals surface area (Å²) in [6.07, 6.45) is 1.21. The van der Waals surface area contributed by atoms with Gasteiger partial charge in [-0.25, -0.2) is 14.2 Å². The third-order valence-corrected chi connectivity index (χ3v) is 5.85. The molecule has 0 saturated carbocycles. The van der Waals surface area contributed by atoms with Crippen molar-refractivity contribution in [2.75, 3.05) is 6.61 Å². The van der Waals surface area contributed by atoms with Crippen LogP contribution in [0.5, 0.6) is 5.75 Å². The summed E-state index contributed by atoms with van der Waals surface area (Å²) < 4.78 is 19.7. The molecule has 0 aliphatic heterocycles. The first kappa shape index (κ1) is 25.7. The third kappa shape index (κ3) is 5.58. The van der Waals surface area contributed by atoms with Gasteiger partial charge >= 0.3 is 6.09 Å². The van der Waals surface area contributed by atoms with E-state index in [2.05, 4.69) is 23.8 Å². The molecule has 8 heteroatoms. The summed E-state index contributed by atoms with van der Waals surface area (Å²) >= 11 is 6.48. The molecule has 2 heterocycles. The Kier molecular flexibility index (Phi) is 7.36. The van der Waals surface area contributed by atoms with Crippen molar-refractivity contribution >= 4 is 28.6 Å². The van der Waals surface area contributed by atoms with Crippen molar-refractivity contribution in [3.05, 3.63) is 53.6 Å². The van der Waals surface area contributed by atoms with Crippen molar-refractivity contribution in [3.63, 3.8) is 0 Å². The van der Waals surface area contributed by atoms with E-state index < -0.39 is 17.2 Å². The van der Waals surface area contributed by atoms with Gasteiger partial charge in [0.25, 0.3) is 0 Å². The van der Waals surface area contributed by atoms with Crippen molar-refractivity contribution in [2.45, 2.75) is 59.0 Å². The molecule has 0 unspecified atom stereocenters. The van der Waals surface area contributed by atoms with Crippen molar-refractivity contribution < 1.29 is 19.0 Å². The van der Waals surface area contributed by atoms with Gasteiger partial charge in [-0.15, -0.1) is 0 Å². The molecular weight excluding hydrogens is 457 g/mol. The lowest BCUT2D eigenvalue weighted by molar-refractivity contribution is -0.0109. The zero-order valence-corrected chi connectivity index (χ0v) is 21.2. The van der Waals surface area contributed by atoms with Gasteiger partial charge in [0.1, 0.15) is 12.4 Å². The Hall–Kier alpha value is -2.93. The summed E-state index contributed by atoms with van der Waals surface area (Å²) in [4.78, 5) is 22.4. The standard InChI is InChI=1S/C26H31ClFN3O3/c1-16(2)14-26(6,31(24(32)33)25(3,4)5)15-34-22-10-9-20(30-23(22)27)19-11-12-29-21-13-17(28)7-8-18(19)21/h7-13,16H,14-15H2,1-6H3,(H,32,33)/t26-/m0/s1. The molecule has 34 heavy (non-hydrogen) atoms. The van der Waals surface area contributed by atoms with Crippen LogP contribution in [0.1, 0.15) is 48.0 Å². The van der Waals surface area contributed by atoms with Crippen LogP contribution in [0.25, 0.3) is 22.2 Å². The number of carboxylic acid groups (broad SMARTS) is 1. The highest BCUT2D eigenvalue weighted by molar-refractivity contribution is 6.31. The molecule has 2 aromatic heterocycles. The molecule has 182 valence electrons. The smallest absolute Gasteiger partial charge is 0.408 e. The molecule has 1 amide bonds. The predicted molar refractivity (Wildman–Crippen MR) is 133 cm³/mol. The normalized spacial score (nSPS) is 13.7. The number of rotatable bonds is 7. The summed E-state index contributed by atoms with van der Waals surface area (Å²) in [7, 11) is 0. The topological polar surface area (TPSA) is 75.6 Å². The van der Waals surface area contributed by atoms with E-state index in [0.29, 0.717) is 23.4 Å². The van der Waals surface area contributed by atoms with Gasteiger partial charge in [-0.1, -0.05) is 25.4 Å². The molecule has 0 aliphatic carbocycles. The van der Waals surface area contributed by atoms with E-state index in [-0.39, 0.29) is 23.5 Å². The van der Waals surface area contributed by atoms with E-state index in [4.69, 9.17) is 16.3 Å². The SMILES string of the molecule is CC(C)C[C@@](C)(COc1ccc(-c2ccnc3cc(F)ccc23)nc1Cl)N(C(=O)O)C(C)(C)C. The van der Waals surface area contributed by atoms with E-state index in [0.717, 1.165) is 10.9 Å². The maximum Gasteiger partial charge on any atom is 0.408 e. The van der Waals surface area contributed by atoms with E-state index >= 15 is 0 Å². The van der Waals surface area contributed by atoms with Gasteiger partial charge in [0.05, 0.1) is 16.7 Å². The number of amides is 1. The van der Waals surface area contributed by atoms with Crippen LogP contribution in [-0.4, -0.2) is 43.8 Å². The van der Waals surface area contributed by atoms with Crippen LogP contribution < -0.4 is 4.74 Å². The zero-order valence-electron chi connectivity index (χ0n) is 20.4. The Morgan fingerprint density at radius 2 is 1.88 bits per heavy atom. The maximum atomic E-state index is 13.6. The summed E-state index contributed by atoms with van der Waals surface area (Å²) in [6.45, 7) is 11.7. The summed E-state index contributed by atoms with van der Waals surface area (Å²) in [5, 5.41) is 10.9. The fourth-order valence-corrected chi connectivity index (χ4v) is 4.89. The van der Waals surface area contributed by atoms with Crippen LogP contribution in [0.15, 0.2) is 42.6 Å². The minimum absolute atomic E-state index is 0.118. The molecule has 0 fully saturated rings. The molecule has 0 radical (unpaired) electrons. The van der Waals surface area contributed by atoms with Crippen molar-refractivity contribution in [2.24, 2.45) is 5.92 Å². The third-order valence-electron chi connectivity index (χ3n) is 5.58. The van der Waals surface area contributed by atoms with Crippen molar-refractivity contribution in [3.8, 4) is 17.0 Å². The quantitative estimate of drug-likeness (QED) is 0.361. The van der Waals surface area contributed by atoms with Gasteiger partial charge in [-0.3, -0.25) is 9.88 Å². The van der Waals surface area contributed by atoms with Gasteiger partial charge in [0.2, 0.25) is 0 Å². The number of nitrogens with zero attached hydrogens (tertiary/aromatic N) is 3. The van der Waals surface area contributed by atoms with Crippen LogP contribution in [0.3, 0.4) is 0 Å². The minimum atomic E-state index is -1.00. The van der Waals surface area contributed by atoms with Crippen LogP contribution in [0, 0.1) is 11.7 Å². The number of hydrogen-bond acceptors (Lipinski definition) is 4. The molecule has 0 bridgehead atoms. The average Bonchev–Trinajstić information content (AvgIpc) is 2.70. The molecule has 1 aromatic carbocycles. The average molecular weight is 488 g/mol. The second-order valence-electron chi connectivity index (χ2n) is 10.2. The Labute approximate surface area is 204 Å². The Bertz CT molecular complexity index is 1200. The van der Waals surface area contributed by atoms with Gasteiger partial charge in [0.15, 0.2) is 10.9 Å². The van der Waals surface area contributed by atoms with Gasteiger partial charge in [0, 0.05) is 28.8 Å². The lowest BCUT2D eigenvalue weighted by atomic mass is 9.86. The van der Waals surface area contributed by atoms with Gasteiger partial charge in [-0.05, 0) is 70.4 Å². The molecule has 0 aliphatic rings. The molecule has 0 saturated heterocycles. The first-order valence-corrected chi connectivity index (χ1v) is 11.6. The number of ether oxygens (including phenoxy) is 1. The molecular formula is C26H31ClFN3O3. The second kappa shape index (κ2) is 9.74. The van der Waals surface area contributed by atoms with Crippen LogP contribution in [0.4, 0.5) is 9.18 Å².